The SMILES string of the molecule is CCNCC1(c2ccncc2)CC2(CCCCCC2)C1. The zero-order chi connectivity index (χ0) is 13.9. The van der Waals surface area contributed by atoms with Gasteiger partial charge in [-0.1, -0.05) is 32.6 Å². The molecule has 2 aliphatic rings. The lowest BCUT2D eigenvalue weighted by Gasteiger charge is -2.57. The summed E-state index contributed by atoms with van der Waals surface area (Å²) in [4.78, 5) is 4.20. The van der Waals surface area contributed by atoms with Gasteiger partial charge in [0.1, 0.15) is 0 Å². The molecular weight excluding hydrogens is 244 g/mol. The molecule has 2 heteroatoms. The van der Waals surface area contributed by atoms with Crippen molar-refractivity contribution in [3.63, 3.8) is 0 Å². The molecule has 3 rings (SSSR count). The second-order valence-electron chi connectivity index (χ2n) is 7.06. The molecule has 2 saturated carbocycles. The van der Waals surface area contributed by atoms with Crippen molar-refractivity contribution in [3.05, 3.63) is 30.1 Å². The van der Waals surface area contributed by atoms with Crippen molar-refractivity contribution in [2.75, 3.05) is 13.1 Å². The van der Waals surface area contributed by atoms with Crippen LogP contribution in [-0.2, 0) is 5.41 Å². The molecule has 0 aromatic carbocycles. The van der Waals surface area contributed by atoms with E-state index in [0.717, 1.165) is 13.1 Å². The highest BCUT2D eigenvalue weighted by molar-refractivity contribution is 5.30. The van der Waals surface area contributed by atoms with E-state index in [1.165, 1.54) is 56.9 Å². The smallest absolute Gasteiger partial charge is 0.0270 e. The van der Waals surface area contributed by atoms with Gasteiger partial charge in [0.05, 0.1) is 0 Å². The third-order valence-electron chi connectivity index (χ3n) is 5.60. The Balaban J connectivity index is 1.77. The molecule has 1 aromatic heterocycles. The van der Waals surface area contributed by atoms with Crippen LogP contribution in [0.2, 0.25) is 0 Å². The van der Waals surface area contributed by atoms with Crippen LogP contribution in [0.25, 0.3) is 0 Å². The summed E-state index contributed by atoms with van der Waals surface area (Å²) in [6, 6.07) is 4.47. The second kappa shape index (κ2) is 5.85. The van der Waals surface area contributed by atoms with Gasteiger partial charge in [-0.05, 0) is 55.3 Å². The number of rotatable bonds is 4. The predicted octanol–water partition coefficient (Wildman–Crippen LogP) is 4.06. The number of nitrogens with one attached hydrogen (secondary N) is 1. The maximum atomic E-state index is 4.20. The quantitative estimate of drug-likeness (QED) is 0.894. The van der Waals surface area contributed by atoms with Crippen molar-refractivity contribution >= 4 is 0 Å². The molecule has 1 heterocycles. The van der Waals surface area contributed by atoms with Crippen LogP contribution in [0.15, 0.2) is 24.5 Å². The minimum atomic E-state index is 0.378. The van der Waals surface area contributed by atoms with Crippen LogP contribution in [0.5, 0.6) is 0 Å². The van der Waals surface area contributed by atoms with Gasteiger partial charge in [0, 0.05) is 24.4 Å². The molecule has 0 amide bonds. The first-order valence-corrected chi connectivity index (χ1v) is 8.40. The van der Waals surface area contributed by atoms with Gasteiger partial charge in [0.2, 0.25) is 0 Å². The summed E-state index contributed by atoms with van der Waals surface area (Å²) in [5.41, 5.74) is 2.54. The molecule has 2 aliphatic carbocycles. The molecule has 2 nitrogen and oxygen atoms in total. The van der Waals surface area contributed by atoms with E-state index in [0.29, 0.717) is 10.8 Å². The van der Waals surface area contributed by atoms with Gasteiger partial charge < -0.3 is 5.32 Å². The number of likely N-dealkylation sites (N-methyl/N-ethyl adjacent to an activating group) is 1. The molecule has 0 atom stereocenters. The fourth-order valence-corrected chi connectivity index (χ4v) is 4.72. The van der Waals surface area contributed by atoms with Crippen LogP contribution < -0.4 is 5.32 Å². The van der Waals surface area contributed by atoms with E-state index >= 15 is 0 Å². The summed E-state index contributed by atoms with van der Waals surface area (Å²) in [6.07, 6.45) is 15.4. The fraction of sp³-hybridized carbons (Fsp3) is 0.722. The summed E-state index contributed by atoms with van der Waals surface area (Å²) < 4.78 is 0. The standard InChI is InChI=1S/C18H28N2/c1-2-19-15-18(16-7-11-20-12-8-16)13-17(14-18)9-5-3-4-6-10-17/h7-8,11-12,19H,2-6,9-10,13-15H2,1H3. The van der Waals surface area contributed by atoms with Crippen LogP contribution in [0, 0.1) is 5.41 Å². The first-order chi connectivity index (χ1) is 9.79. The molecule has 0 bridgehead atoms. The number of aromatic nitrogens is 1. The predicted molar refractivity (Wildman–Crippen MR) is 83.8 cm³/mol. The summed E-state index contributed by atoms with van der Waals surface area (Å²) in [5, 5.41) is 3.61. The minimum absolute atomic E-state index is 0.378. The molecule has 1 N–H and O–H groups in total. The minimum Gasteiger partial charge on any atom is -0.316 e. The van der Waals surface area contributed by atoms with E-state index in [4.69, 9.17) is 0 Å². The molecule has 0 radical (unpaired) electrons. The second-order valence-corrected chi connectivity index (χ2v) is 7.06. The van der Waals surface area contributed by atoms with E-state index in [9.17, 15) is 0 Å². The van der Waals surface area contributed by atoms with E-state index in [-0.39, 0.29) is 0 Å². The maximum Gasteiger partial charge on any atom is 0.0270 e. The number of pyridine rings is 1. The molecule has 0 aliphatic heterocycles. The molecule has 0 saturated heterocycles. The highest BCUT2D eigenvalue weighted by Gasteiger charge is 2.54. The van der Waals surface area contributed by atoms with Crippen molar-refractivity contribution < 1.29 is 0 Å². The van der Waals surface area contributed by atoms with Gasteiger partial charge in [-0.25, -0.2) is 0 Å². The molecule has 1 spiro atoms. The average molecular weight is 272 g/mol. The van der Waals surface area contributed by atoms with E-state index in [2.05, 4.69) is 29.4 Å². The van der Waals surface area contributed by atoms with Crippen LogP contribution in [0.4, 0.5) is 0 Å². The summed E-state index contributed by atoms with van der Waals surface area (Å²) >= 11 is 0. The van der Waals surface area contributed by atoms with Gasteiger partial charge >= 0.3 is 0 Å². The molecule has 20 heavy (non-hydrogen) atoms. The number of hydrogen-bond acceptors (Lipinski definition) is 2. The Kier molecular flexibility index (Phi) is 4.11. The summed E-state index contributed by atoms with van der Waals surface area (Å²) in [7, 11) is 0. The topological polar surface area (TPSA) is 24.9 Å². The van der Waals surface area contributed by atoms with Crippen molar-refractivity contribution in [2.24, 2.45) is 5.41 Å². The van der Waals surface area contributed by atoms with Gasteiger partial charge in [-0.2, -0.15) is 0 Å². The fourth-order valence-electron chi connectivity index (χ4n) is 4.72. The van der Waals surface area contributed by atoms with Gasteiger partial charge in [0.25, 0.3) is 0 Å². The van der Waals surface area contributed by atoms with E-state index < -0.39 is 0 Å². The Morgan fingerprint density at radius 1 is 1.05 bits per heavy atom. The average Bonchev–Trinajstić information content (AvgIpc) is 2.70. The maximum absolute atomic E-state index is 4.20. The summed E-state index contributed by atoms with van der Waals surface area (Å²) in [5.74, 6) is 0. The first-order valence-electron chi connectivity index (χ1n) is 8.40. The van der Waals surface area contributed by atoms with E-state index in [1.807, 2.05) is 12.4 Å². The zero-order valence-electron chi connectivity index (χ0n) is 12.8. The third-order valence-corrected chi connectivity index (χ3v) is 5.60. The van der Waals surface area contributed by atoms with E-state index in [1.54, 1.807) is 0 Å². The van der Waals surface area contributed by atoms with Crippen LogP contribution in [0.1, 0.15) is 63.9 Å². The van der Waals surface area contributed by atoms with Gasteiger partial charge in [-0.3, -0.25) is 4.98 Å². The molecule has 110 valence electrons. The Labute approximate surface area is 123 Å². The normalized spacial score (nSPS) is 24.1. The summed E-state index contributed by atoms with van der Waals surface area (Å²) in [6.45, 7) is 4.41. The molecule has 2 fully saturated rings. The van der Waals surface area contributed by atoms with Gasteiger partial charge in [0.15, 0.2) is 0 Å². The first kappa shape index (κ1) is 14.1. The highest BCUT2D eigenvalue weighted by atomic mass is 14.9. The number of hydrogen-bond donors (Lipinski definition) is 1. The van der Waals surface area contributed by atoms with Crippen molar-refractivity contribution in [2.45, 2.75) is 63.7 Å². The Morgan fingerprint density at radius 2 is 1.70 bits per heavy atom. The largest absolute Gasteiger partial charge is 0.316 e. The molecular formula is C18H28N2. The molecule has 0 unspecified atom stereocenters. The van der Waals surface area contributed by atoms with Crippen molar-refractivity contribution in [1.29, 1.82) is 0 Å². The lowest BCUT2D eigenvalue weighted by molar-refractivity contribution is 0.00639. The lowest BCUT2D eigenvalue weighted by Crippen LogP contribution is -2.54. The van der Waals surface area contributed by atoms with Gasteiger partial charge in [-0.15, -0.1) is 0 Å². The Bertz CT molecular complexity index is 410. The Morgan fingerprint density at radius 3 is 2.30 bits per heavy atom. The third kappa shape index (κ3) is 2.63. The van der Waals surface area contributed by atoms with Crippen LogP contribution in [-0.4, -0.2) is 18.1 Å². The van der Waals surface area contributed by atoms with Crippen molar-refractivity contribution in [3.8, 4) is 0 Å². The Hall–Kier alpha value is -0.890. The zero-order valence-corrected chi connectivity index (χ0v) is 12.8. The lowest BCUT2D eigenvalue weighted by atomic mass is 9.48. The van der Waals surface area contributed by atoms with Crippen molar-refractivity contribution in [1.82, 2.24) is 10.3 Å². The highest BCUT2D eigenvalue weighted by Crippen LogP contribution is 2.61. The van der Waals surface area contributed by atoms with Crippen LogP contribution in [0.3, 0.4) is 0 Å². The number of nitrogens with zero attached hydrogens (tertiary/aromatic N) is 1. The monoisotopic (exact) mass is 272 g/mol. The van der Waals surface area contributed by atoms with Crippen LogP contribution >= 0.6 is 0 Å². The molecule has 1 aromatic rings.